The van der Waals surface area contributed by atoms with E-state index in [1.165, 1.54) is 12.1 Å². The lowest BCUT2D eigenvalue weighted by molar-refractivity contribution is -0.119. The first-order valence-corrected chi connectivity index (χ1v) is 10.7. The Morgan fingerprint density at radius 2 is 1.67 bits per heavy atom. The molecule has 7 nitrogen and oxygen atoms in total. The van der Waals surface area contributed by atoms with E-state index < -0.39 is 15.9 Å². The molecule has 1 amide bonds. The minimum Gasteiger partial charge on any atom is -0.483 e. The van der Waals surface area contributed by atoms with Gasteiger partial charge in [0.1, 0.15) is 22.1 Å². The Balaban J connectivity index is 1.79. The average Bonchev–Trinajstić information content (AvgIpc) is 2.69. The molecule has 0 fully saturated rings. The molecule has 3 aromatic rings. The van der Waals surface area contributed by atoms with Crippen LogP contribution < -0.4 is 19.9 Å². The second kappa shape index (κ2) is 9.06. The summed E-state index contributed by atoms with van der Waals surface area (Å²) < 4.78 is 39.1. The van der Waals surface area contributed by atoms with Crippen LogP contribution in [0.15, 0.2) is 71.6 Å². The molecule has 0 spiro atoms. The number of carbonyl (C=O) groups excluding carboxylic acids is 1. The number of amides is 1. The van der Waals surface area contributed by atoms with Crippen molar-refractivity contribution in [2.45, 2.75) is 11.8 Å². The van der Waals surface area contributed by atoms with Crippen LogP contribution >= 0.6 is 11.6 Å². The van der Waals surface area contributed by atoms with Crippen molar-refractivity contribution in [1.29, 1.82) is 0 Å². The lowest BCUT2D eigenvalue weighted by Gasteiger charge is -2.14. The number of carbonyl (C=O) groups is 1. The fourth-order valence-corrected chi connectivity index (χ4v) is 4.23. The molecule has 3 rings (SSSR count). The van der Waals surface area contributed by atoms with Gasteiger partial charge in [0.05, 0.1) is 5.02 Å². The highest BCUT2D eigenvalue weighted by atomic mass is 35.5. The molecule has 0 aliphatic carbocycles. The van der Waals surface area contributed by atoms with Gasteiger partial charge in [-0.05, 0) is 55.0 Å². The van der Waals surface area contributed by atoms with Crippen LogP contribution in [0.25, 0.3) is 0 Å². The molecule has 0 bridgehead atoms. The quantitative estimate of drug-likeness (QED) is 0.541. The van der Waals surface area contributed by atoms with Crippen LogP contribution in [0.1, 0.15) is 5.56 Å². The number of hydrogen-bond acceptors (Lipinski definition) is 5. The summed E-state index contributed by atoms with van der Waals surface area (Å²) in [6.07, 6.45) is 0. The van der Waals surface area contributed by atoms with Crippen molar-refractivity contribution in [1.82, 2.24) is 0 Å². The molecular weight excluding hydrogens is 428 g/mol. The minimum atomic E-state index is -4.01. The number of hydrogen-bond donors (Lipinski definition) is 2. The number of para-hydroxylation sites is 1. The Kier molecular flexibility index (Phi) is 6.49. The lowest BCUT2D eigenvalue weighted by atomic mass is 10.2. The number of nitrogens with two attached hydrogens (primary N) is 1. The van der Waals surface area contributed by atoms with Crippen molar-refractivity contribution >= 4 is 33.2 Å². The molecule has 30 heavy (non-hydrogen) atoms. The number of primary amides is 1. The van der Waals surface area contributed by atoms with Gasteiger partial charge in [0.25, 0.3) is 15.9 Å². The van der Waals surface area contributed by atoms with Gasteiger partial charge in [0, 0.05) is 11.8 Å². The lowest BCUT2D eigenvalue weighted by Crippen LogP contribution is -2.20. The smallest absolute Gasteiger partial charge is 0.263 e. The predicted molar refractivity (Wildman–Crippen MR) is 115 cm³/mol. The second-order valence-corrected chi connectivity index (χ2v) is 8.41. The average molecular weight is 447 g/mol. The van der Waals surface area contributed by atoms with Crippen molar-refractivity contribution in [3.63, 3.8) is 0 Å². The summed E-state index contributed by atoms with van der Waals surface area (Å²) in [6.45, 7) is 1.30. The summed E-state index contributed by atoms with van der Waals surface area (Å²) >= 11 is 6.14. The molecule has 3 aromatic carbocycles. The summed E-state index contributed by atoms with van der Waals surface area (Å²) in [5.74, 6) is 0.746. The number of rotatable bonds is 8. The Hall–Kier alpha value is -3.23. The van der Waals surface area contributed by atoms with Crippen LogP contribution in [0.5, 0.6) is 17.2 Å². The zero-order valence-electron chi connectivity index (χ0n) is 16.0. The molecular formula is C21H19ClN2O5S. The number of nitrogens with one attached hydrogen (secondary N) is 1. The van der Waals surface area contributed by atoms with Gasteiger partial charge in [0.2, 0.25) is 0 Å². The van der Waals surface area contributed by atoms with Crippen LogP contribution in [0, 0.1) is 6.92 Å². The minimum absolute atomic E-state index is 0.0236. The van der Waals surface area contributed by atoms with Crippen molar-refractivity contribution < 1.29 is 22.7 Å². The van der Waals surface area contributed by atoms with Crippen LogP contribution in [-0.4, -0.2) is 20.9 Å². The maximum atomic E-state index is 12.8. The number of aryl methyl sites for hydroxylation is 1. The molecule has 0 aromatic heterocycles. The first-order valence-electron chi connectivity index (χ1n) is 8.81. The normalized spacial score (nSPS) is 11.0. The summed E-state index contributed by atoms with van der Waals surface area (Å²) in [7, 11) is -4.01. The molecule has 0 radical (unpaired) electrons. The number of ether oxygens (including phenoxy) is 2. The first-order chi connectivity index (χ1) is 14.2. The molecule has 0 aliphatic rings. The Morgan fingerprint density at radius 3 is 2.30 bits per heavy atom. The summed E-state index contributed by atoms with van der Waals surface area (Å²) in [6, 6.07) is 18.3. The van der Waals surface area contributed by atoms with Crippen LogP contribution in [0.3, 0.4) is 0 Å². The fourth-order valence-electron chi connectivity index (χ4n) is 2.57. The maximum Gasteiger partial charge on any atom is 0.263 e. The molecule has 3 N–H and O–H groups in total. The van der Waals surface area contributed by atoms with E-state index in [1.54, 1.807) is 31.2 Å². The highest BCUT2D eigenvalue weighted by Crippen LogP contribution is 2.31. The summed E-state index contributed by atoms with van der Waals surface area (Å²) in [4.78, 5) is 10.8. The van der Waals surface area contributed by atoms with Gasteiger partial charge in [-0.2, -0.15) is 0 Å². The van der Waals surface area contributed by atoms with E-state index in [1.807, 2.05) is 30.3 Å². The van der Waals surface area contributed by atoms with E-state index in [0.717, 1.165) is 0 Å². The molecule has 0 heterocycles. The highest BCUT2D eigenvalue weighted by molar-refractivity contribution is 7.92. The van der Waals surface area contributed by atoms with Crippen LogP contribution in [0.2, 0.25) is 5.02 Å². The van der Waals surface area contributed by atoms with Gasteiger partial charge in [-0.3, -0.25) is 9.52 Å². The summed E-state index contributed by atoms with van der Waals surface area (Å²) in [5.41, 5.74) is 5.97. The number of sulfonamides is 1. The van der Waals surface area contributed by atoms with E-state index in [2.05, 4.69) is 4.72 Å². The van der Waals surface area contributed by atoms with E-state index in [-0.39, 0.29) is 22.3 Å². The number of halogens is 1. The molecule has 0 saturated carbocycles. The summed E-state index contributed by atoms with van der Waals surface area (Å²) in [5, 5.41) is 0.0236. The van der Waals surface area contributed by atoms with Gasteiger partial charge >= 0.3 is 0 Å². The molecule has 156 valence electrons. The third-order valence-corrected chi connectivity index (χ3v) is 5.82. The Bertz CT molecular complexity index is 1150. The molecule has 9 heteroatoms. The van der Waals surface area contributed by atoms with Crippen molar-refractivity contribution in [2.24, 2.45) is 5.73 Å². The van der Waals surface area contributed by atoms with Gasteiger partial charge in [-0.25, -0.2) is 8.42 Å². The second-order valence-electron chi connectivity index (χ2n) is 6.35. The highest BCUT2D eigenvalue weighted by Gasteiger charge is 2.21. The van der Waals surface area contributed by atoms with Crippen LogP contribution in [0.4, 0.5) is 5.69 Å². The molecule has 0 atom stereocenters. The van der Waals surface area contributed by atoms with Gasteiger partial charge in [-0.15, -0.1) is 0 Å². The van der Waals surface area contributed by atoms with E-state index >= 15 is 0 Å². The zero-order chi connectivity index (χ0) is 21.7. The molecule has 0 saturated heterocycles. The molecule has 0 unspecified atom stereocenters. The van der Waals surface area contributed by atoms with Gasteiger partial charge in [-0.1, -0.05) is 29.8 Å². The van der Waals surface area contributed by atoms with Gasteiger partial charge < -0.3 is 15.2 Å². The number of benzene rings is 3. The Morgan fingerprint density at radius 1 is 1.03 bits per heavy atom. The van der Waals surface area contributed by atoms with Crippen molar-refractivity contribution in [2.75, 3.05) is 11.3 Å². The monoisotopic (exact) mass is 446 g/mol. The third kappa shape index (κ3) is 5.43. The van der Waals surface area contributed by atoms with E-state index in [9.17, 15) is 13.2 Å². The number of anilines is 1. The molecule has 0 aliphatic heterocycles. The standard InChI is InChI=1S/C21H19ClN2O5S/c1-14-11-18(22)20(12-19(14)28-13-21(23)25)30(26,27)24-15-7-9-17(10-8-15)29-16-5-3-2-4-6-16/h2-12,24H,13H2,1H3,(H2,23,25). The van der Waals surface area contributed by atoms with Crippen molar-refractivity contribution in [3.8, 4) is 17.2 Å². The SMILES string of the molecule is Cc1cc(Cl)c(S(=O)(=O)Nc2ccc(Oc3ccccc3)cc2)cc1OCC(N)=O. The van der Waals surface area contributed by atoms with E-state index in [0.29, 0.717) is 22.7 Å². The zero-order valence-corrected chi connectivity index (χ0v) is 17.5. The van der Waals surface area contributed by atoms with Gasteiger partial charge in [0.15, 0.2) is 6.61 Å². The van der Waals surface area contributed by atoms with Crippen molar-refractivity contribution in [3.05, 3.63) is 77.3 Å². The first kappa shape index (κ1) is 21.5. The topological polar surface area (TPSA) is 108 Å². The maximum absolute atomic E-state index is 12.8. The largest absolute Gasteiger partial charge is 0.483 e. The fraction of sp³-hybridized carbons (Fsp3) is 0.0952. The third-order valence-electron chi connectivity index (χ3n) is 3.97. The predicted octanol–water partition coefficient (Wildman–Crippen LogP) is 4.11. The Labute approximate surface area is 179 Å². The van der Waals surface area contributed by atoms with Crippen LogP contribution in [-0.2, 0) is 14.8 Å². The van der Waals surface area contributed by atoms with E-state index in [4.69, 9.17) is 26.8 Å².